The summed E-state index contributed by atoms with van der Waals surface area (Å²) in [7, 11) is 0. The van der Waals surface area contributed by atoms with Crippen LogP contribution in [0.1, 0.15) is 71.8 Å². The van der Waals surface area contributed by atoms with Gasteiger partial charge in [0.05, 0.1) is 5.69 Å². The largest absolute Gasteiger partial charge is 0.395 e. The summed E-state index contributed by atoms with van der Waals surface area (Å²) in [6.45, 7) is 12.5. The molecule has 0 saturated carbocycles. The molecule has 0 saturated heterocycles. The van der Waals surface area contributed by atoms with Crippen LogP contribution in [0, 0.1) is 25.7 Å². The molecule has 3 amide bonds. The zero-order valence-corrected chi connectivity index (χ0v) is 21.1. The van der Waals surface area contributed by atoms with Crippen LogP contribution in [0.5, 0.6) is 0 Å². The number of nitrogens with one attached hydrogen (secondary N) is 1. The third-order valence-corrected chi connectivity index (χ3v) is 6.18. The average Bonchev–Trinajstić information content (AvgIpc) is 3.10. The number of rotatable bonds is 10. The van der Waals surface area contributed by atoms with E-state index in [1.54, 1.807) is 0 Å². The van der Waals surface area contributed by atoms with E-state index in [-0.39, 0.29) is 28.1 Å². The van der Waals surface area contributed by atoms with E-state index in [1.807, 2.05) is 45.9 Å². The van der Waals surface area contributed by atoms with Gasteiger partial charge in [-0.05, 0) is 67.3 Å². The molecule has 0 aliphatic rings. The lowest BCUT2D eigenvalue weighted by Gasteiger charge is -2.33. The lowest BCUT2D eigenvalue weighted by Crippen LogP contribution is -2.51. The van der Waals surface area contributed by atoms with Gasteiger partial charge in [0.2, 0.25) is 5.91 Å². The van der Waals surface area contributed by atoms with Gasteiger partial charge in [0.25, 0.3) is 11.8 Å². The quantitative estimate of drug-likeness (QED) is 0.484. The van der Waals surface area contributed by atoms with Gasteiger partial charge < -0.3 is 16.8 Å². The van der Waals surface area contributed by atoms with Crippen molar-refractivity contribution in [2.45, 2.75) is 60.4 Å². The molecule has 0 spiro atoms. The predicted molar refractivity (Wildman–Crippen MR) is 133 cm³/mol. The van der Waals surface area contributed by atoms with Crippen molar-refractivity contribution in [1.29, 1.82) is 0 Å². The van der Waals surface area contributed by atoms with Crippen molar-refractivity contribution in [3.8, 4) is 0 Å². The highest BCUT2D eigenvalue weighted by molar-refractivity contribution is 7.09. The molecule has 33 heavy (non-hydrogen) atoms. The number of anilines is 2. The Labute approximate surface area is 199 Å². The normalized spacial score (nSPS) is 12.1. The SMILES string of the molecule is Cc1ccc(C)c(N(C(=O)c2snc(C(N)=O)c2N)[C@H](CC(C)C)C(=O)NCCC(C)C)c1. The Morgan fingerprint density at radius 3 is 2.33 bits per heavy atom. The molecule has 0 bridgehead atoms. The summed E-state index contributed by atoms with van der Waals surface area (Å²) >= 11 is 0.817. The molecule has 1 aromatic carbocycles. The second-order valence-electron chi connectivity index (χ2n) is 9.22. The lowest BCUT2D eigenvalue weighted by molar-refractivity contribution is -0.122. The van der Waals surface area contributed by atoms with E-state index in [2.05, 4.69) is 23.5 Å². The van der Waals surface area contributed by atoms with Gasteiger partial charge in [-0.1, -0.05) is 39.8 Å². The Morgan fingerprint density at radius 2 is 1.79 bits per heavy atom. The molecule has 2 rings (SSSR count). The molecule has 1 heterocycles. The Bertz CT molecular complexity index is 1020. The number of benzene rings is 1. The number of aromatic nitrogens is 1. The monoisotopic (exact) mass is 473 g/mol. The maximum Gasteiger partial charge on any atom is 0.272 e. The van der Waals surface area contributed by atoms with E-state index >= 15 is 0 Å². The number of carbonyl (C=O) groups is 3. The highest BCUT2D eigenvalue weighted by atomic mass is 32.1. The number of aryl methyl sites for hydroxylation is 2. The Kier molecular flexibility index (Phi) is 8.99. The van der Waals surface area contributed by atoms with Crippen molar-refractivity contribution in [3.05, 3.63) is 39.9 Å². The van der Waals surface area contributed by atoms with Crippen LogP contribution >= 0.6 is 11.5 Å². The highest BCUT2D eigenvalue weighted by Crippen LogP contribution is 2.31. The van der Waals surface area contributed by atoms with Gasteiger partial charge in [-0.3, -0.25) is 19.3 Å². The third-order valence-electron chi connectivity index (χ3n) is 5.33. The number of hydrogen-bond donors (Lipinski definition) is 3. The first-order valence-corrected chi connectivity index (χ1v) is 11.9. The van der Waals surface area contributed by atoms with Gasteiger partial charge in [-0.2, -0.15) is 4.37 Å². The highest BCUT2D eigenvalue weighted by Gasteiger charge is 2.35. The smallest absolute Gasteiger partial charge is 0.272 e. The predicted octanol–water partition coefficient (Wildman–Crippen LogP) is 3.66. The first kappa shape index (κ1) is 26.3. The minimum absolute atomic E-state index is 0.0590. The molecule has 1 aromatic heterocycles. The van der Waals surface area contributed by atoms with Crippen LogP contribution in [-0.2, 0) is 4.79 Å². The van der Waals surface area contributed by atoms with E-state index < -0.39 is 17.9 Å². The fraction of sp³-hybridized carbons (Fsp3) is 0.500. The van der Waals surface area contributed by atoms with Gasteiger partial charge in [0.15, 0.2) is 5.69 Å². The molecule has 0 fully saturated rings. The summed E-state index contributed by atoms with van der Waals surface area (Å²) in [6, 6.07) is 4.99. The minimum atomic E-state index is -0.800. The minimum Gasteiger partial charge on any atom is -0.395 e. The molecular formula is C24H35N5O3S. The molecule has 5 N–H and O–H groups in total. The van der Waals surface area contributed by atoms with E-state index in [0.717, 1.165) is 29.1 Å². The van der Waals surface area contributed by atoms with Gasteiger partial charge >= 0.3 is 0 Å². The Hall–Kier alpha value is -2.94. The fourth-order valence-electron chi connectivity index (χ4n) is 3.51. The summed E-state index contributed by atoms with van der Waals surface area (Å²) in [5.41, 5.74) is 13.7. The zero-order chi connectivity index (χ0) is 24.9. The van der Waals surface area contributed by atoms with Gasteiger partial charge in [0.1, 0.15) is 10.9 Å². The van der Waals surface area contributed by atoms with Crippen molar-refractivity contribution < 1.29 is 14.4 Å². The molecule has 180 valence electrons. The fourth-order valence-corrected chi connectivity index (χ4v) is 4.26. The van der Waals surface area contributed by atoms with E-state index in [4.69, 9.17) is 11.5 Å². The second kappa shape index (κ2) is 11.3. The van der Waals surface area contributed by atoms with Crippen LogP contribution in [0.15, 0.2) is 18.2 Å². The molecular weight excluding hydrogens is 438 g/mol. The average molecular weight is 474 g/mol. The van der Waals surface area contributed by atoms with Crippen LogP contribution in [0.25, 0.3) is 0 Å². The number of amides is 3. The number of nitrogens with two attached hydrogens (primary N) is 2. The molecule has 0 unspecified atom stereocenters. The van der Waals surface area contributed by atoms with E-state index in [0.29, 0.717) is 24.6 Å². The van der Waals surface area contributed by atoms with Crippen LogP contribution < -0.4 is 21.7 Å². The molecule has 1 atom stereocenters. The molecule has 0 aliphatic heterocycles. The third kappa shape index (κ3) is 6.54. The van der Waals surface area contributed by atoms with Crippen LogP contribution in [0.4, 0.5) is 11.4 Å². The number of hydrogen-bond acceptors (Lipinski definition) is 6. The molecule has 0 aliphatic carbocycles. The second-order valence-corrected chi connectivity index (χ2v) is 10.00. The van der Waals surface area contributed by atoms with Crippen molar-refractivity contribution in [2.24, 2.45) is 17.6 Å². The zero-order valence-electron chi connectivity index (χ0n) is 20.3. The van der Waals surface area contributed by atoms with Crippen LogP contribution in [0.2, 0.25) is 0 Å². The maximum atomic E-state index is 13.9. The van der Waals surface area contributed by atoms with Gasteiger partial charge in [-0.25, -0.2) is 0 Å². The Morgan fingerprint density at radius 1 is 1.12 bits per heavy atom. The standard InChI is InChI=1S/C24H35N5O3S/c1-13(2)9-10-27-23(31)18(11-14(3)4)29(17-12-15(5)7-8-16(17)6)24(32)21-19(25)20(22(26)30)28-33-21/h7-8,12-14,18H,9-11,25H2,1-6H3,(H2,26,30)(H,27,31)/t18-/m1/s1. The van der Waals surface area contributed by atoms with Crippen molar-refractivity contribution in [2.75, 3.05) is 17.2 Å². The van der Waals surface area contributed by atoms with Crippen molar-refractivity contribution in [1.82, 2.24) is 9.69 Å². The van der Waals surface area contributed by atoms with Gasteiger partial charge in [-0.15, -0.1) is 0 Å². The summed E-state index contributed by atoms with van der Waals surface area (Å²) in [5.74, 6) is -0.917. The van der Waals surface area contributed by atoms with Crippen LogP contribution in [-0.4, -0.2) is 34.7 Å². The summed E-state index contributed by atoms with van der Waals surface area (Å²) in [6.07, 6.45) is 1.29. The number of carbonyl (C=O) groups excluding carboxylic acids is 3. The summed E-state index contributed by atoms with van der Waals surface area (Å²) in [4.78, 5) is 40.5. The van der Waals surface area contributed by atoms with Crippen molar-refractivity contribution >= 4 is 40.6 Å². The van der Waals surface area contributed by atoms with E-state index in [1.165, 1.54) is 4.90 Å². The maximum absolute atomic E-state index is 13.9. The van der Waals surface area contributed by atoms with E-state index in [9.17, 15) is 14.4 Å². The molecule has 0 radical (unpaired) electrons. The van der Waals surface area contributed by atoms with Gasteiger partial charge in [0, 0.05) is 12.2 Å². The molecule has 9 heteroatoms. The summed E-state index contributed by atoms with van der Waals surface area (Å²) < 4.78 is 3.98. The molecule has 2 aromatic rings. The number of nitrogens with zero attached hydrogens (tertiary/aromatic N) is 2. The molecule has 8 nitrogen and oxygen atoms in total. The summed E-state index contributed by atoms with van der Waals surface area (Å²) in [5, 5.41) is 3.00. The van der Waals surface area contributed by atoms with Crippen LogP contribution in [0.3, 0.4) is 0 Å². The number of primary amides is 1. The first-order valence-electron chi connectivity index (χ1n) is 11.2. The van der Waals surface area contributed by atoms with Crippen molar-refractivity contribution in [3.63, 3.8) is 0 Å². The first-order chi connectivity index (χ1) is 15.4. The topological polar surface area (TPSA) is 131 Å². The number of nitrogen functional groups attached to an aromatic ring is 1. The Balaban J connectivity index is 2.60. The lowest BCUT2D eigenvalue weighted by atomic mass is 9.98.